The first-order chi connectivity index (χ1) is 13.1. The lowest BCUT2D eigenvalue weighted by molar-refractivity contribution is -0.122. The van der Waals surface area contributed by atoms with Crippen LogP contribution in [0.4, 0.5) is 8.78 Å². The fourth-order valence-electron chi connectivity index (χ4n) is 3.52. The second kappa shape index (κ2) is 10.4. The van der Waals surface area contributed by atoms with E-state index < -0.39 is 11.6 Å². The van der Waals surface area contributed by atoms with Crippen molar-refractivity contribution in [2.24, 2.45) is 0 Å². The molecule has 0 bridgehead atoms. The Morgan fingerprint density at radius 2 is 2.04 bits per heavy atom. The van der Waals surface area contributed by atoms with Gasteiger partial charge in [-0.25, -0.2) is 8.78 Å². The lowest BCUT2D eigenvalue weighted by atomic mass is 9.86. The zero-order chi connectivity index (χ0) is 19.2. The van der Waals surface area contributed by atoms with Gasteiger partial charge in [-0.15, -0.1) is 12.4 Å². The molecule has 3 rings (SSSR count). The molecule has 1 aliphatic heterocycles. The third-order valence-electron chi connectivity index (χ3n) is 4.98. The fraction of sp³-hybridized carbons (Fsp3) is 0.381. The Kier molecular flexibility index (Phi) is 8.20. The highest BCUT2D eigenvalue weighted by molar-refractivity contribution is 5.85. The second-order valence-electron chi connectivity index (χ2n) is 6.80. The molecular formula is C21H25ClF2N2O2. The highest BCUT2D eigenvalue weighted by Gasteiger charge is 2.28. The molecule has 2 aromatic rings. The summed E-state index contributed by atoms with van der Waals surface area (Å²) in [6, 6.07) is 11.5. The van der Waals surface area contributed by atoms with Gasteiger partial charge in [-0.1, -0.05) is 18.2 Å². The highest BCUT2D eigenvalue weighted by Crippen LogP contribution is 2.27. The molecule has 0 aliphatic carbocycles. The Bertz CT molecular complexity index is 804. The molecule has 1 heterocycles. The molecule has 0 aromatic heterocycles. The number of ether oxygens (including phenoxy) is 1. The van der Waals surface area contributed by atoms with Gasteiger partial charge in [0.2, 0.25) is 5.91 Å². The lowest BCUT2D eigenvalue weighted by Crippen LogP contribution is -2.50. The van der Waals surface area contributed by atoms with E-state index in [1.54, 1.807) is 13.2 Å². The van der Waals surface area contributed by atoms with Crippen molar-refractivity contribution in [2.75, 3.05) is 20.2 Å². The molecule has 1 amide bonds. The molecule has 2 unspecified atom stereocenters. The van der Waals surface area contributed by atoms with Crippen LogP contribution >= 0.6 is 12.4 Å². The van der Waals surface area contributed by atoms with E-state index in [9.17, 15) is 13.6 Å². The van der Waals surface area contributed by atoms with Crippen LogP contribution in [-0.4, -0.2) is 32.1 Å². The first kappa shape index (κ1) is 22.1. The van der Waals surface area contributed by atoms with E-state index in [4.69, 9.17) is 4.74 Å². The summed E-state index contributed by atoms with van der Waals surface area (Å²) >= 11 is 0. The summed E-state index contributed by atoms with van der Waals surface area (Å²) in [4.78, 5) is 12.4. The Morgan fingerprint density at radius 3 is 2.79 bits per heavy atom. The summed E-state index contributed by atoms with van der Waals surface area (Å²) in [7, 11) is 1.61. The minimum atomic E-state index is -0.855. The maximum Gasteiger partial charge on any atom is 0.220 e. The van der Waals surface area contributed by atoms with E-state index in [0.717, 1.165) is 30.3 Å². The molecule has 2 atom stereocenters. The Hall–Kier alpha value is -2.18. The number of carbonyl (C=O) groups is 1. The van der Waals surface area contributed by atoms with Crippen LogP contribution in [0.25, 0.3) is 0 Å². The van der Waals surface area contributed by atoms with Gasteiger partial charge in [-0.3, -0.25) is 4.79 Å². The van der Waals surface area contributed by atoms with Gasteiger partial charge in [0.15, 0.2) is 11.6 Å². The largest absolute Gasteiger partial charge is 0.497 e. The van der Waals surface area contributed by atoms with Crippen molar-refractivity contribution >= 4 is 18.3 Å². The first-order valence-electron chi connectivity index (χ1n) is 9.15. The second-order valence-corrected chi connectivity index (χ2v) is 6.80. The number of hydrogen-bond donors (Lipinski definition) is 2. The van der Waals surface area contributed by atoms with Crippen LogP contribution in [0.2, 0.25) is 0 Å². The summed E-state index contributed by atoms with van der Waals surface area (Å²) in [6.45, 7) is 1.38. The van der Waals surface area contributed by atoms with Crippen LogP contribution in [0.15, 0.2) is 42.5 Å². The van der Waals surface area contributed by atoms with Crippen molar-refractivity contribution in [1.29, 1.82) is 0 Å². The van der Waals surface area contributed by atoms with Gasteiger partial charge >= 0.3 is 0 Å². The van der Waals surface area contributed by atoms with E-state index in [1.807, 2.05) is 24.3 Å². The van der Waals surface area contributed by atoms with Gasteiger partial charge in [-0.05, 0) is 54.8 Å². The number of benzene rings is 2. The maximum atomic E-state index is 13.6. The monoisotopic (exact) mass is 410 g/mol. The smallest absolute Gasteiger partial charge is 0.220 e. The van der Waals surface area contributed by atoms with Crippen LogP contribution in [0.5, 0.6) is 5.75 Å². The van der Waals surface area contributed by atoms with Crippen molar-refractivity contribution in [3.63, 3.8) is 0 Å². The number of piperidine rings is 1. The van der Waals surface area contributed by atoms with Crippen molar-refractivity contribution in [3.8, 4) is 5.75 Å². The maximum absolute atomic E-state index is 13.6. The number of amides is 1. The first-order valence-corrected chi connectivity index (χ1v) is 9.15. The third-order valence-corrected chi connectivity index (χ3v) is 4.98. The molecule has 2 aromatic carbocycles. The van der Waals surface area contributed by atoms with Crippen molar-refractivity contribution in [3.05, 3.63) is 65.2 Å². The molecule has 1 fully saturated rings. The molecule has 152 valence electrons. The minimum Gasteiger partial charge on any atom is -0.497 e. The molecule has 0 saturated carbocycles. The van der Waals surface area contributed by atoms with Gasteiger partial charge < -0.3 is 15.4 Å². The van der Waals surface area contributed by atoms with Gasteiger partial charge in [-0.2, -0.15) is 0 Å². The SMILES string of the molecule is COc1cccc(CCC(=O)NC2CNCCC2c2ccc(F)c(F)c2)c1.Cl. The number of rotatable bonds is 6. The van der Waals surface area contributed by atoms with E-state index in [0.29, 0.717) is 24.9 Å². The molecule has 2 N–H and O–H groups in total. The summed E-state index contributed by atoms with van der Waals surface area (Å²) in [6.07, 6.45) is 1.72. The van der Waals surface area contributed by atoms with Gasteiger partial charge in [0.1, 0.15) is 5.75 Å². The normalized spacial score (nSPS) is 18.8. The van der Waals surface area contributed by atoms with Crippen molar-refractivity contribution < 1.29 is 18.3 Å². The number of carbonyl (C=O) groups excluding carboxylic acids is 1. The zero-order valence-electron chi connectivity index (χ0n) is 15.7. The standard InChI is InChI=1S/C21H24F2N2O2.ClH/c1-27-16-4-2-3-14(11-16)5-8-21(26)25-20-13-24-10-9-17(20)15-6-7-18(22)19(23)12-15;/h2-4,6-7,11-12,17,20,24H,5,8-10,13H2,1H3,(H,25,26);1H. The third kappa shape index (κ3) is 5.66. The molecule has 1 aliphatic rings. The number of hydrogen-bond acceptors (Lipinski definition) is 3. The van der Waals surface area contributed by atoms with Gasteiger partial charge in [0.05, 0.1) is 7.11 Å². The zero-order valence-corrected chi connectivity index (χ0v) is 16.5. The molecule has 1 saturated heterocycles. The summed E-state index contributed by atoms with van der Waals surface area (Å²) in [5, 5.41) is 6.31. The Morgan fingerprint density at radius 1 is 1.21 bits per heavy atom. The van der Waals surface area contributed by atoms with Gasteiger partial charge in [0.25, 0.3) is 0 Å². The van der Waals surface area contributed by atoms with Crippen LogP contribution < -0.4 is 15.4 Å². The van der Waals surface area contributed by atoms with Gasteiger partial charge in [0, 0.05) is 24.9 Å². The number of methoxy groups -OCH3 is 1. The van der Waals surface area contributed by atoms with E-state index >= 15 is 0 Å². The van der Waals surface area contributed by atoms with Crippen LogP contribution in [0.1, 0.15) is 29.9 Å². The summed E-state index contributed by atoms with van der Waals surface area (Å²) in [5.74, 6) is -1.04. The van der Waals surface area contributed by atoms with Crippen molar-refractivity contribution in [2.45, 2.75) is 31.2 Å². The van der Waals surface area contributed by atoms with Crippen LogP contribution in [-0.2, 0) is 11.2 Å². The topological polar surface area (TPSA) is 50.4 Å². The quantitative estimate of drug-likeness (QED) is 0.765. The van der Waals surface area contributed by atoms with Crippen LogP contribution in [0.3, 0.4) is 0 Å². The molecule has 28 heavy (non-hydrogen) atoms. The lowest BCUT2D eigenvalue weighted by Gasteiger charge is -2.33. The van der Waals surface area contributed by atoms with E-state index in [1.165, 1.54) is 6.07 Å². The predicted octanol–water partition coefficient (Wildman–Crippen LogP) is 3.59. The van der Waals surface area contributed by atoms with E-state index in [-0.39, 0.29) is 30.3 Å². The molecule has 0 radical (unpaired) electrons. The molecule has 4 nitrogen and oxygen atoms in total. The Labute approximate surface area is 170 Å². The Balaban J connectivity index is 0.00000280. The van der Waals surface area contributed by atoms with Crippen molar-refractivity contribution in [1.82, 2.24) is 10.6 Å². The van der Waals surface area contributed by atoms with Crippen LogP contribution in [0, 0.1) is 11.6 Å². The number of nitrogens with one attached hydrogen (secondary N) is 2. The average molecular weight is 411 g/mol. The summed E-state index contributed by atoms with van der Waals surface area (Å²) in [5.41, 5.74) is 1.75. The number of aryl methyl sites for hydroxylation is 1. The molecular weight excluding hydrogens is 386 g/mol. The minimum absolute atomic E-state index is 0. The highest BCUT2D eigenvalue weighted by atomic mass is 35.5. The van der Waals surface area contributed by atoms with E-state index in [2.05, 4.69) is 10.6 Å². The summed E-state index contributed by atoms with van der Waals surface area (Å²) < 4.78 is 32.0. The molecule has 7 heteroatoms. The predicted molar refractivity (Wildman–Crippen MR) is 107 cm³/mol. The average Bonchev–Trinajstić information content (AvgIpc) is 2.69. The fourth-order valence-corrected chi connectivity index (χ4v) is 3.52. The number of halogens is 3. The molecule has 0 spiro atoms.